The van der Waals surface area contributed by atoms with Crippen molar-refractivity contribution in [3.63, 3.8) is 0 Å². The molecule has 0 bridgehead atoms. The molecule has 0 saturated carbocycles. The zero-order chi connectivity index (χ0) is 14.4. The number of hydrogen-bond acceptors (Lipinski definition) is 4. The van der Waals surface area contributed by atoms with Crippen molar-refractivity contribution >= 4 is 11.6 Å². The van der Waals surface area contributed by atoms with Crippen molar-refractivity contribution < 1.29 is 19.2 Å². The summed E-state index contributed by atoms with van der Waals surface area (Å²) < 4.78 is 13.4. The van der Waals surface area contributed by atoms with Crippen LogP contribution in [0.3, 0.4) is 0 Å². The summed E-state index contributed by atoms with van der Waals surface area (Å²) in [7, 11) is 0. The Morgan fingerprint density at radius 1 is 1.58 bits per heavy atom. The molecule has 1 atom stereocenters. The van der Waals surface area contributed by atoms with Crippen molar-refractivity contribution in [2.75, 3.05) is 6.54 Å². The van der Waals surface area contributed by atoms with Gasteiger partial charge in [0.15, 0.2) is 0 Å². The Kier molecular flexibility index (Phi) is 5.37. The van der Waals surface area contributed by atoms with Crippen molar-refractivity contribution in [3.05, 3.63) is 39.7 Å². The molecule has 1 aromatic carbocycles. The predicted octanol–water partition coefficient (Wildman–Crippen LogP) is 1.62. The summed E-state index contributed by atoms with van der Waals surface area (Å²) in [6, 6.07) is 2.79. The van der Waals surface area contributed by atoms with Crippen LogP contribution in [0.1, 0.15) is 30.1 Å². The molecule has 6 nitrogen and oxygen atoms in total. The van der Waals surface area contributed by atoms with Gasteiger partial charge in [0.05, 0.1) is 16.6 Å². The summed E-state index contributed by atoms with van der Waals surface area (Å²) in [4.78, 5) is 21.5. The van der Waals surface area contributed by atoms with Crippen molar-refractivity contribution in [1.29, 1.82) is 0 Å². The first-order chi connectivity index (χ1) is 8.91. The first-order valence-electron chi connectivity index (χ1n) is 5.82. The van der Waals surface area contributed by atoms with Crippen LogP contribution in [0.5, 0.6) is 0 Å². The van der Waals surface area contributed by atoms with Gasteiger partial charge >= 0.3 is 0 Å². The van der Waals surface area contributed by atoms with Crippen molar-refractivity contribution in [2.24, 2.45) is 0 Å². The lowest BCUT2D eigenvalue weighted by Gasteiger charge is -2.07. The lowest BCUT2D eigenvalue weighted by atomic mass is 10.1. The zero-order valence-corrected chi connectivity index (χ0v) is 10.4. The van der Waals surface area contributed by atoms with Crippen molar-refractivity contribution in [2.45, 2.75) is 25.9 Å². The second-order valence-corrected chi connectivity index (χ2v) is 4.17. The Bertz CT molecular complexity index is 477. The Morgan fingerprint density at radius 3 is 2.84 bits per heavy atom. The van der Waals surface area contributed by atoms with Crippen LogP contribution in [-0.4, -0.2) is 28.6 Å². The monoisotopic (exact) mass is 270 g/mol. The number of aliphatic hydroxyl groups is 1. The molecule has 0 aliphatic heterocycles. The first kappa shape index (κ1) is 15.0. The molecular formula is C12H15FN2O4. The Morgan fingerprint density at radius 2 is 2.26 bits per heavy atom. The van der Waals surface area contributed by atoms with E-state index in [1.165, 1.54) is 0 Å². The van der Waals surface area contributed by atoms with Gasteiger partial charge in [0.1, 0.15) is 5.82 Å². The summed E-state index contributed by atoms with van der Waals surface area (Å²) in [6.45, 7) is 1.90. The maximum Gasteiger partial charge on any atom is 0.270 e. The highest BCUT2D eigenvalue weighted by atomic mass is 19.1. The van der Waals surface area contributed by atoms with E-state index in [0.29, 0.717) is 12.8 Å². The number of non-ortho nitro benzene ring substituents is 1. The van der Waals surface area contributed by atoms with E-state index in [1.54, 1.807) is 6.92 Å². The number of nitrogens with zero attached hydrogens (tertiary/aromatic N) is 1. The maximum atomic E-state index is 13.4. The second kappa shape index (κ2) is 6.79. The van der Waals surface area contributed by atoms with E-state index < -0.39 is 22.8 Å². The molecule has 0 fully saturated rings. The minimum absolute atomic E-state index is 0.270. The minimum Gasteiger partial charge on any atom is -0.393 e. The van der Waals surface area contributed by atoms with Crippen LogP contribution in [0.25, 0.3) is 0 Å². The number of hydrogen-bond donors (Lipinski definition) is 2. The largest absolute Gasteiger partial charge is 0.393 e. The molecular weight excluding hydrogens is 255 g/mol. The highest BCUT2D eigenvalue weighted by Gasteiger charge is 2.16. The summed E-state index contributed by atoms with van der Waals surface area (Å²) in [6.07, 6.45) is 0.587. The van der Waals surface area contributed by atoms with Gasteiger partial charge in [-0.15, -0.1) is 0 Å². The number of rotatable bonds is 6. The van der Waals surface area contributed by atoms with Gasteiger partial charge in [0.2, 0.25) is 0 Å². The lowest BCUT2D eigenvalue weighted by Crippen LogP contribution is -2.26. The molecule has 7 heteroatoms. The van der Waals surface area contributed by atoms with E-state index in [4.69, 9.17) is 5.11 Å². The highest BCUT2D eigenvalue weighted by Crippen LogP contribution is 2.16. The van der Waals surface area contributed by atoms with Gasteiger partial charge in [-0.25, -0.2) is 4.39 Å². The van der Waals surface area contributed by atoms with Gasteiger partial charge in [-0.05, 0) is 25.8 Å². The first-order valence-corrected chi connectivity index (χ1v) is 5.82. The fourth-order valence-electron chi connectivity index (χ4n) is 1.50. The van der Waals surface area contributed by atoms with Gasteiger partial charge in [-0.1, -0.05) is 0 Å². The van der Waals surface area contributed by atoms with Crippen LogP contribution >= 0.6 is 0 Å². The summed E-state index contributed by atoms with van der Waals surface area (Å²) >= 11 is 0. The molecule has 1 unspecified atom stereocenters. The molecule has 0 aliphatic carbocycles. The number of aliphatic hydroxyl groups excluding tert-OH is 1. The summed E-state index contributed by atoms with van der Waals surface area (Å²) in [5.41, 5.74) is -0.693. The smallest absolute Gasteiger partial charge is 0.270 e. The van der Waals surface area contributed by atoms with Crippen LogP contribution in [0.2, 0.25) is 0 Å². The van der Waals surface area contributed by atoms with Crippen LogP contribution < -0.4 is 5.32 Å². The van der Waals surface area contributed by atoms with E-state index in [0.717, 1.165) is 18.2 Å². The number of carbonyl (C=O) groups is 1. The molecule has 19 heavy (non-hydrogen) atoms. The predicted molar refractivity (Wildman–Crippen MR) is 66.3 cm³/mol. The van der Waals surface area contributed by atoms with Gasteiger partial charge in [0.25, 0.3) is 11.6 Å². The average molecular weight is 270 g/mol. The topological polar surface area (TPSA) is 92.5 Å². The number of carbonyl (C=O) groups excluding carboxylic acids is 1. The van der Waals surface area contributed by atoms with Crippen molar-refractivity contribution in [3.8, 4) is 0 Å². The molecule has 2 N–H and O–H groups in total. The van der Waals surface area contributed by atoms with Crippen LogP contribution in [0, 0.1) is 15.9 Å². The molecule has 0 radical (unpaired) electrons. The molecule has 0 heterocycles. The fourth-order valence-corrected chi connectivity index (χ4v) is 1.50. The Balaban J connectivity index is 2.66. The minimum atomic E-state index is -0.807. The fraction of sp³-hybridized carbons (Fsp3) is 0.417. The van der Waals surface area contributed by atoms with Gasteiger partial charge in [-0.3, -0.25) is 14.9 Å². The SMILES string of the molecule is CC(O)CCCNC(=O)c1cc([N+](=O)[O-])ccc1F. The quantitative estimate of drug-likeness (QED) is 0.466. The third kappa shape index (κ3) is 4.63. The number of nitrogens with one attached hydrogen (secondary N) is 1. The van der Waals surface area contributed by atoms with E-state index >= 15 is 0 Å². The van der Waals surface area contributed by atoms with Gasteiger partial charge < -0.3 is 10.4 Å². The van der Waals surface area contributed by atoms with Gasteiger partial charge in [-0.2, -0.15) is 0 Å². The van der Waals surface area contributed by atoms with Crippen LogP contribution in [-0.2, 0) is 0 Å². The molecule has 1 rings (SSSR count). The highest BCUT2D eigenvalue weighted by molar-refractivity contribution is 5.95. The Labute approximate surface area is 109 Å². The maximum absolute atomic E-state index is 13.4. The molecule has 0 spiro atoms. The van der Waals surface area contributed by atoms with E-state index in [1.807, 2.05) is 0 Å². The standard InChI is InChI=1S/C12H15FN2O4/c1-8(16)3-2-6-14-12(17)10-7-9(15(18)19)4-5-11(10)13/h4-5,7-8,16H,2-3,6H2,1H3,(H,14,17). The summed E-state index contributed by atoms with van der Waals surface area (Å²) in [5.74, 6) is -1.51. The third-order valence-corrected chi connectivity index (χ3v) is 2.49. The third-order valence-electron chi connectivity index (χ3n) is 2.49. The molecule has 0 aliphatic rings. The number of nitro benzene ring substituents is 1. The Hall–Kier alpha value is -2.02. The molecule has 1 aromatic rings. The number of amides is 1. The lowest BCUT2D eigenvalue weighted by molar-refractivity contribution is -0.384. The van der Waals surface area contributed by atoms with Gasteiger partial charge in [0, 0.05) is 18.7 Å². The van der Waals surface area contributed by atoms with E-state index in [-0.39, 0.29) is 17.8 Å². The van der Waals surface area contributed by atoms with Crippen molar-refractivity contribution in [1.82, 2.24) is 5.32 Å². The van der Waals surface area contributed by atoms with E-state index in [2.05, 4.69) is 5.32 Å². The number of halogens is 1. The average Bonchev–Trinajstić information content (AvgIpc) is 2.34. The number of nitro groups is 1. The summed E-state index contributed by atoms with van der Waals surface area (Å²) in [5, 5.41) is 22.0. The van der Waals surface area contributed by atoms with Crippen LogP contribution in [0.4, 0.5) is 10.1 Å². The van der Waals surface area contributed by atoms with Crippen LogP contribution in [0.15, 0.2) is 18.2 Å². The number of benzene rings is 1. The molecule has 0 aromatic heterocycles. The zero-order valence-electron chi connectivity index (χ0n) is 10.4. The van der Waals surface area contributed by atoms with E-state index in [9.17, 15) is 19.3 Å². The normalized spacial score (nSPS) is 11.9. The second-order valence-electron chi connectivity index (χ2n) is 4.17. The molecule has 0 saturated heterocycles. The molecule has 1 amide bonds. The molecule has 104 valence electrons.